The number of hydrogen-bond donors (Lipinski definition) is 1. The first-order valence-corrected chi connectivity index (χ1v) is 9.62. The van der Waals surface area contributed by atoms with Crippen molar-refractivity contribution in [3.8, 4) is 0 Å². The van der Waals surface area contributed by atoms with E-state index in [2.05, 4.69) is 4.72 Å². The summed E-state index contributed by atoms with van der Waals surface area (Å²) in [6.45, 7) is 0. The Bertz CT molecular complexity index is 905. The summed E-state index contributed by atoms with van der Waals surface area (Å²) in [4.78, 5) is 0. The molecule has 0 fully saturated rings. The molecule has 2 aromatic carbocycles. The zero-order chi connectivity index (χ0) is 16.3. The number of hydrogen-bond acceptors (Lipinski definition) is 3. The zero-order valence-electron chi connectivity index (χ0n) is 12.1. The van der Waals surface area contributed by atoms with Crippen molar-refractivity contribution in [1.29, 1.82) is 0 Å². The predicted molar refractivity (Wildman–Crippen MR) is 95.8 cm³/mol. The third-order valence-corrected chi connectivity index (χ3v) is 6.40. The molecule has 0 amide bonds. The molecular weight excluding hydrogens is 350 g/mol. The van der Waals surface area contributed by atoms with E-state index < -0.39 is 10.0 Å². The SMILES string of the molecule is O=S(=O)(Nc1ccccc1Cc1ccccc1)c1ccc(Cl)s1. The number of para-hydroxylation sites is 1. The lowest BCUT2D eigenvalue weighted by Crippen LogP contribution is -2.13. The lowest BCUT2D eigenvalue weighted by atomic mass is 10.0. The maximum absolute atomic E-state index is 12.5. The van der Waals surface area contributed by atoms with Crippen molar-refractivity contribution in [2.75, 3.05) is 4.72 Å². The van der Waals surface area contributed by atoms with E-state index in [0.29, 0.717) is 16.4 Å². The van der Waals surface area contributed by atoms with Crippen molar-refractivity contribution in [3.63, 3.8) is 0 Å². The van der Waals surface area contributed by atoms with Crippen LogP contribution in [-0.4, -0.2) is 8.42 Å². The lowest BCUT2D eigenvalue weighted by Gasteiger charge is -2.12. The molecule has 23 heavy (non-hydrogen) atoms. The summed E-state index contributed by atoms with van der Waals surface area (Å²) < 4.78 is 28.2. The molecule has 118 valence electrons. The first-order valence-electron chi connectivity index (χ1n) is 6.94. The van der Waals surface area contributed by atoms with Crippen LogP contribution in [0.2, 0.25) is 4.34 Å². The van der Waals surface area contributed by atoms with E-state index in [1.807, 2.05) is 48.5 Å². The van der Waals surface area contributed by atoms with Crippen molar-refractivity contribution in [2.45, 2.75) is 10.6 Å². The smallest absolute Gasteiger partial charge is 0.271 e. The molecule has 0 aliphatic carbocycles. The highest BCUT2D eigenvalue weighted by Crippen LogP contribution is 2.28. The second-order valence-corrected chi connectivity index (χ2v) is 8.61. The number of sulfonamides is 1. The summed E-state index contributed by atoms with van der Waals surface area (Å²) in [6.07, 6.45) is 0.657. The predicted octanol–water partition coefficient (Wildman–Crippen LogP) is 4.79. The number of rotatable bonds is 5. The molecule has 0 atom stereocenters. The summed E-state index contributed by atoms with van der Waals surface area (Å²) in [5.41, 5.74) is 2.63. The highest BCUT2D eigenvalue weighted by molar-refractivity contribution is 7.94. The minimum atomic E-state index is -3.62. The van der Waals surface area contributed by atoms with Gasteiger partial charge in [0.15, 0.2) is 0 Å². The molecule has 0 radical (unpaired) electrons. The lowest BCUT2D eigenvalue weighted by molar-refractivity contribution is 0.603. The zero-order valence-corrected chi connectivity index (χ0v) is 14.5. The van der Waals surface area contributed by atoms with Crippen LogP contribution in [0.3, 0.4) is 0 Å². The molecule has 0 aliphatic heterocycles. The van der Waals surface area contributed by atoms with Gasteiger partial charge in [-0.3, -0.25) is 4.72 Å². The van der Waals surface area contributed by atoms with Crippen molar-refractivity contribution in [3.05, 3.63) is 82.2 Å². The minimum absolute atomic E-state index is 0.206. The van der Waals surface area contributed by atoms with Gasteiger partial charge in [0.1, 0.15) is 4.21 Å². The fraction of sp³-hybridized carbons (Fsp3) is 0.0588. The van der Waals surface area contributed by atoms with E-state index in [4.69, 9.17) is 11.6 Å². The maximum Gasteiger partial charge on any atom is 0.271 e. The van der Waals surface area contributed by atoms with E-state index >= 15 is 0 Å². The molecule has 0 unspecified atom stereocenters. The largest absolute Gasteiger partial charge is 0.279 e. The maximum atomic E-state index is 12.5. The van der Waals surface area contributed by atoms with Gasteiger partial charge in [-0.05, 0) is 35.7 Å². The van der Waals surface area contributed by atoms with Gasteiger partial charge in [-0.15, -0.1) is 11.3 Å². The Balaban J connectivity index is 1.89. The first-order chi connectivity index (χ1) is 11.0. The van der Waals surface area contributed by atoms with Crippen LogP contribution < -0.4 is 4.72 Å². The molecule has 0 saturated carbocycles. The normalized spacial score (nSPS) is 11.3. The Labute approximate surface area is 144 Å². The minimum Gasteiger partial charge on any atom is -0.279 e. The fourth-order valence-corrected chi connectivity index (χ4v) is 4.81. The summed E-state index contributed by atoms with van der Waals surface area (Å²) in [5, 5.41) is 0. The Morgan fingerprint density at radius 2 is 1.61 bits per heavy atom. The number of benzene rings is 2. The van der Waals surface area contributed by atoms with Gasteiger partial charge in [-0.25, -0.2) is 8.42 Å². The van der Waals surface area contributed by atoms with Gasteiger partial charge in [-0.2, -0.15) is 0 Å². The molecule has 3 rings (SSSR count). The van der Waals surface area contributed by atoms with Crippen LogP contribution in [0.25, 0.3) is 0 Å². The standard InChI is InChI=1S/C17H14ClNO2S2/c18-16-10-11-17(22-16)23(20,21)19-15-9-5-4-8-14(15)12-13-6-2-1-3-7-13/h1-11,19H,12H2. The van der Waals surface area contributed by atoms with Crippen LogP contribution in [0, 0.1) is 0 Å². The molecule has 0 bridgehead atoms. The quantitative estimate of drug-likeness (QED) is 0.708. The number of anilines is 1. The molecule has 1 heterocycles. The van der Waals surface area contributed by atoms with E-state index in [1.165, 1.54) is 6.07 Å². The molecule has 0 saturated heterocycles. The molecular formula is C17H14ClNO2S2. The highest BCUT2D eigenvalue weighted by Gasteiger charge is 2.18. The molecule has 1 N–H and O–H groups in total. The second-order valence-electron chi connectivity index (χ2n) is 4.98. The molecule has 3 aromatic rings. The highest BCUT2D eigenvalue weighted by atomic mass is 35.5. The van der Waals surface area contributed by atoms with Crippen LogP contribution in [0.15, 0.2) is 70.9 Å². The van der Waals surface area contributed by atoms with Crippen molar-refractivity contribution >= 4 is 38.6 Å². The summed E-state index contributed by atoms with van der Waals surface area (Å²) in [7, 11) is -3.62. The van der Waals surface area contributed by atoms with Gasteiger partial charge >= 0.3 is 0 Å². The molecule has 1 aromatic heterocycles. The van der Waals surface area contributed by atoms with E-state index in [-0.39, 0.29) is 4.21 Å². The van der Waals surface area contributed by atoms with Crippen LogP contribution >= 0.6 is 22.9 Å². The Kier molecular flexibility index (Phi) is 4.71. The van der Waals surface area contributed by atoms with E-state index in [1.54, 1.807) is 12.1 Å². The molecule has 6 heteroatoms. The fourth-order valence-electron chi connectivity index (χ4n) is 2.23. The van der Waals surface area contributed by atoms with Gasteiger partial charge in [0, 0.05) is 0 Å². The van der Waals surface area contributed by atoms with Crippen molar-refractivity contribution in [2.24, 2.45) is 0 Å². The van der Waals surface area contributed by atoms with E-state index in [9.17, 15) is 8.42 Å². The van der Waals surface area contributed by atoms with Crippen LogP contribution in [0.4, 0.5) is 5.69 Å². The Morgan fingerprint density at radius 3 is 2.30 bits per heavy atom. The molecule has 0 aliphatic rings. The summed E-state index contributed by atoms with van der Waals surface area (Å²) in [6, 6.07) is 20.4. The number of thiophene rings is 1. The Hall–Kier alpha value is -1.82. The summed E-state index contributed by atoms with van der Waals surface area (Å²) in [5.74, 6) is 0. The van der Waals surface area contributed by atoms with Crippen LogP contribution in [0.1, 0.15) is 11.1 Å². The average Bonchev–Trinajstić information content (AvgIpc) is 2.98. The van der Waals surface area contributed by atoms with Crippen molar-refractivity contribution in [1.82, 2.24) is 0 Å². The van der Waals surface area contributed by atoms with Gasteiger partial charge in [-0.1, -0.05) is 60.1 Å². The van der Waals surface area contributed by atoms with Crippen LogP contribution in [0.5, 0.6) is 0 Å². The van der Waals surface area contributed by atoms with Crippen LogP contribution in [-0.2, 0) is 16.4 Å². The first kappa shape index (κ1) is 16.1. The topological polar surface area (TPSA) is 46.2 Å². The third-order valence-electron chi connectivity index (χ3n) is 3.31. The Morgan fingerprint density at radius 1 is 0.913 bits per heavy atom. The number of nitrogens with one attached hydrogen (secondary N) is 1. The molecule has 3 nitrogen and oxygen atoms in total. The molecule has 0 spiro atoms. The second kappa shape index (κ2) is 6.74. The van der Waals surface area contributed by atoms with E-state index in [0.717, 1.165) is 22.5 Å². The third kappa shape index (κ3) is 3.93. The van der Waals surface area contributed by atoms with Gasteiger partial charge in [0.2, 0.25) is 0 Å². The number of halogens is 1. The van der Waals surface area contributed by atoms with Gasteiger partial charge in [0.25, 0.3) is 10.0 Å². The monoisotopic (exact) mass is 363 g/mol. The van der Waals surface area contributed by atoms with Crippen molar-refractivity contribution < 1.29 is 8.42 Å². The summed E-state index contributed by atoms with van der Waals surface area (Å²) >= 11 is 6.87. The van der Waals surface area contributed by atoms with Gasteiger partial charge in [0.05, 0.1) is 10.0 Å². The average molecular weight is 364 g/mol. The van der Waals surface area contributed by atoms with Gasteiger partial charge < -0.3 is 0 Å².